The van der Waals surface area contributed by atoms with Crippen LogP contribution in [0.1, 0.15) is 22.8 Å². The zero-order valence-electron chi connectivity index (χ0n) is 17.5. The molecule has 0 saturated carbocycles. The topological polar surface area (TPSA) is 84.9 Å². The maximum atomic E-state index is 13.3. The monoisotopic (exact) mass is 418 g/mol. The molecule has 31 heavy (non-hydrogen) atoms. The number of ether oxygens (including phenoxy) is 2. The summed E-state index contributed by atoms with van der Waals surface area (Å²) in [6.07, 6.45) is 0. The lowest BCUT2D eigenvalue weighted by atomic mass is 9.88. The molecule has 0 aromatic heterocycles. The van der Waals surface area contributed by atoms with E-state index in [4.69, 9.17) is 9.47 Å². The Hall–Kier alpha value is -3.87. The minimum absolute atomic E-state index is 0.266. The predicted molar refractivity (Wildman–Crippen MR) is 115 cm³/mol. The zero-order chi connectivity index (χ0) is 22.2. The van der Waals surface area contributed by atoms with Crippen LogP contribution in [0.5, 0.6) is 11.5 Å². The molecular formula is C24H22N2O5. The summed E-state index contributed by atoms with van der Waals surface area (Å²) in [5.74, 6) is -0.0417. The number of ketones is 1. The third kappa shape index (κ3) is 3.38. The minimum atomic E-state index is -1.28. The molecular weight excluding hydrogens is 396 g/mol. The maximum Gasteiger partial charge on any atom is 0.325 e. The Morgan fingerprint density at radius 3 is 2.48 bits per heavy atom. The Bertz CT molecular complexity index is 1200. The van der Waals surface area contributed by atoms with E-state index in [0.717, 1.165) is 15.7 Å². The number of Topliss-reactive ketones (excluding diaryl/α,β-unsaturated/α-hetero) is 1. The Morgan fingerprint density at radius 2 is 1.74 bits per heavy atom. The van der Waals surface area contributed by atoms with Crippen molar-refractivity contribution < 1.29 is 23.9 Å². The van der Waals surface area contributed by atoms with Gasteiger partial charge in [-0.15, -0.1) is 0 Å². The molecule has 4 rings (SSSR count). The van der Waals surface area contributed by atoms with Gasteiger partial charge < -0.3 is 14.8 Å². The van der Waals surface area contributed by atoms with Crippen molar-refractivity contribution in [1.82, 2.24) is 10.2 Å². The van der Waals surface area contributed by atoms with Crippen molar-refractivity contribution in [2.24, 2.45) is 0 Å². The highest BCUT2D eigenvalue weighted by atomic mass is 16.5. The van der Waals surface area contributed by atoms with Crippen LogP contribution in [0.3, 0.4) is 0 Å². The summed E-state index contributed by atoms with van der Waals surface area (Å²) in [7, 11) is 2.95. The Morgan fingerprint density at radius 1 is 1.00 bits per heavy atom. The summed E-state index contributed by atoms with van der Waals surface area (Å²) in [5.41, 5.74) is -0.328. The number of imide groups is 1. The largest absolute Gasteiger partial charge is 0.497 e. The number of benzene rings is 3. The van der Waals surface area contributed by atoms with Crippen LogP contribution in [0, 0.1) is 0 Å². The molecule has 1 N–H and O–H groups in total. The SMILES string of the molecule is COc1ccc(C(=O)CN2C(=O)N[C@@](C)(c3cccc4ccccc34)C2=O)c(OC)c1. The number of hydrogen-bond donors (Lipinski definition) is 1. The summed E-state index contributed by atoms with van der Waals surface area (Å²) < 4.78 is 10.4. The van der Waals surface area contributed by atoms with Gasteiger partial charge in [0, 0.05) is 6.07 Å². The van der Waals surface area contributed by atoms with Gasteiger partial charge in [0.15, 0.2) is 5.78 Å². The summed E-state index contributed by atoms with van der Waals surface area (Å²) >= 11 is 0. The van der Waals surface area contributed by atoms with Gasteiger partial charge in [-0.2, -0.15) is 0 Å². The van der Waals surface area contributed by atoms with Crippen molar-refractivity contribution in [1.29, 1.82) is 0 Å². The van der Waals surface area contributed by atoms with Gasteiger partial charge in [0.1, 0.15) is 17.0 Å². The molecule has 1 aliphatic rings. The highest BCUT2D eigenvalue weighted by Gasteiger charge is 2.50. The lowest BCUT2D eigenvalue weighted by Gasteiger charge is -2.24. The van der Waals surface area contributed by atoms with Gasteiger partial charge in [-0.1, -0.05) is 42.5 Å². The van der Waals surface area contributed by atoms with Gasteiger partial charge in [-0.3, -0.25) is 14.5 Å². The Balaban J connectivity index is 1.65. The second kappa shape index (κ2) is 7.75. The van der Waals surface area contributed by atoms with Crippen molar-refractivity contribution in [3.05, 3.63) is 71.8 Å². The van der Waals surface area contributed by atoms with E-state index >= 15 is 0 Å². The van der Waals surface area contributed by atoms with Crippen molar-refractivity contribution in [3.8, 4) is 11.5 Å². The number of methoxy groups -OCH3 is 2. The summed E-state index contributed by atoms with van der Waals surface area (Å²) in [4.78, 5) is 40.0. The third-order valence-corrected chi connectivity index (χ3v) is 5.61. The average Bonchev–Trinajstić information content (AvgIpc) is 3.01. The van der Waals surface area contributed by atoms with E-state index < -0.39 is 29.8 Å². The van der Waals surface area contributed by atoms with E-state index in [1.54, 1.807) is 25.1 Å². The van der Waals surface area contributed by atoms with Crippen molar-refractivity contribution in [2.75, 3.05) is 20.8 Å². The highest BCUT2D eigenvalue weighted by molar-refractivity contribution is 6.13. The number of fused-ring (bicyclic) bond motifs is 1. The first-order chi connectivity index (χ1) is 14.9. The standard InChI is InChI=1S/C24H22N2O5/c1-24(19-10-6-8-15-7-4-5-9-17(15)19)22(28)26(23(29)25-24)14-20(27)18-12-11-16(30-2)13-21(18)31-3/h4-13H,14H2,1-3H3,(H,25,29)/t24-/m0/s1. The first kappa shape index (κ1) is 20.4. The molecule has 0 radical (unpaired) electrons. The van der Waals surface area contributed by atoms with Crippen molar-refractivity contribution >= 4 is 28.5 Å². The lowest BCUT2D eigenvalue weighted by Crippen LogP contribution is -2.41. The Kier molecular flexibility index (Phi) is 5.10. The van der Waals surface area contributed by atoms with Gasteiger partial charge in [-0.25, -0.2) is 4.79 Å². The van der Waals surface area contributed by atoms with Gasteiger partial charge >= 0.3 is 6.03 Å². The van der Waals surface area contributed by atoms with Crippen LogP contribution in [0.25, 0.3) is 10.8 Å². The van der Waals surface area contributed by atoms with Gasteiger partial charge in [0.2, 0.25) is 0 Å². The Labute approximate surface area is 179 Å². The molecule has 3 amide bonds. The molecule has 1 heterocycles. The van der Waals surface area contributed by atoms with Gasteiger partial charge in [-0.05, 0) is 35.4 Å². The van der Waals surface area contributed by atoms with Gasteiger partial charge in [0.25, 0.3) is 5.91 Å². The van der Waals surface area contributed by atoms with E-state index in [1.165, 1.54) is 14.2 Å². The maximum absolute atomic E-state index is 13.3. The summed E-state index contributed by atoms with van der Waals surface area (Å²) in [6.45, 7) is 1.27. The first-order valence-electron chi connectivity index (χ1n) is 9.76. The molecule has 7 nitrogen and oxygen atoms in total. The van der Waals surface area contributed by atoms with E-state index in [9.17, 15) is 14.4 Å². The lowest BCUT2D eigenvalue weighted by molar-refractivity contribution is -0.130. The molecule has 3 aromatic rings. The molecule has 1 fully saturated rings. The molecule has 0 aliphatic carbocycles. The first-order valence-corrected chi connectivity index (χ1v) is 9.76. The summed E-state index contributed by atoms with van der Waals surface area (Å²) in [6, 6.07) is 17.4. The molecule has 0 spiro atoms. The molecule has 0 unspecified atom stereocenters. The van der Waals surface area contributed by atoms with E-state index in [2.05, 4.69) is 5.32 Å². The molecule has 158 valence electrons. The number of amides is 3. The van der Waals surface area contributed by atoms with Crippen LogP contribution >= 0.6 is 0 Å². The molecule has 0 bridgehead atoms. The quantitative estimate of drug-likeness (QED) is 0.489. The number of nitrogens with zero attached hydrogens (tertiary/aromatic N) is 1. The van der Waals surface area contributed by atoms with Crippen molar-refractivity contribution in [3.63, 3.8) is 0 Å². The fraction of sp³-hybridized carbons (Fsp3) is 0.208. The second-order valence-electron chi connectivity index (χ2n) is 7.46. The smallest absolute Gasteiger partial charge is 0.325 e. The van der Waals surface area contributed by atoms with E-state index in [1.807, 2.05) is 42.5 Å². The predicted octanol–water partition coefficient (Wildman–Crippen LogP) is 3.51. The number of urea groups is 1. The van der Waals surface area contributed by atoms with Crippen LogP contribution in [-0.2, 0) is 10.3 Å². The van der Waals surface area contributed by atoms with Gasteiger partial charge in [0.05, 0.1) is 26.3 Å². The average molecular weight is 418 g/mol. The van der Waals surface area contributed by atoms with Crippen LogP contribution in [-0.4, -0.2) is 43.4 Å². The van der Waals surface area contributed by atoms with Crippen LogP contribution in [0.4, 0.5) is 4.79 Å². The second-order valence-corrected chi connectivity index (χ2v) is 7.46. The number of carbonyl (C=O) groups excluding carboxylic acids is 3. The molecule has 1 saturated heterocycles. The number of nitrogens with one attached hydrogen (secondary N) is 1. The number of hydrogen-bond acceptors (Lipinski definition) is 5. The highest BCUT2D eigenvalue weighted by Crippen LogP contribution is 2.34. The fourth-order valence-corrected chi connectivity index (χ4v) is 3.94. The van der Waals surface area contributed by atoms with Crippen LogP contribution < -0.4 is 14.8 Å². The number of carbonyl (C=O) groups is 3. The molecule has 1 aliphatic heterocycles. The third-order valence-electron chi connectivity index (χ3n) is 5.61. The zero-order valence-corrected chi connectivity index (χ0v) is 17.5. The fourth-order valence-electron chi connectivity index (χ4n) is 3.94. The van der Waals surface area contributed by atoms with E-state index in [0.29, 0.717) is 17.1 Å². The normalized spacial score (nSPS) is 18.2. The van der Waals surface area contributed by atoms with Crippen LogP contribution in [0.15, 0.2) is 60.7 Å². The molecule has 7 heteroatoms. The van der Waals surface area contributed by atoms with Crippen molar-refractivity contribution in [2.45, 2.75) is 12.5 Å². The summed E-state index contributed by atoms with van der Waals surface area (Å²) in [5, 5.41) is 4.60. The number of rotatable bonds is 6. The van der Waals surface area contributed by atoms with Crippen LogP contribution in [0.2, 0.25) is 0 Å². The molecule has 1 atom stereocenters. The van der Waals surface area contributed by atoms with E-state index in [-0.39, 0.29) is 5.56 Å². The molecule has 3 aromatic carbocycles. The minimum Gasteiger partial charge on any atom is -0.497 e.